The zero-order chi connectivity index (χ0) is 15.2. The van der Waals surface area contributed by atoms with Gasteiger partial charge in [-0.3, -0.25) is 4.98 Å². The lowest BCUT2D eigenvalue weighted by atomic mass is 9.88. The fourth-order valence-corrected chi connectivity index (χ4v) is 3.06. The molecule has 118 valence electrons. The minimum Gasteiger partial charge on any atom is -0.309 e. The molecule has 1 aromatic heterocycles. The van der Waals surface area contributed by atoms with Crippen molar-refractivity contribution in [2.45, 2.75) is 39.7 Å². The number of piperidine rings is 1. The first-order chi connectivity index (χ1) is 10.1. The Balaban J connectivity index is 1.89. The standard InChI is InChI=1S/C17H28FN3/c1-4-19-17(16-6-5-15(18)11-20-16)8-10-21-9-7-13(2)14(3)12-21/h5-6,11,13-14,17,19H,4,7-10,12H2,1-3H3. The molecule has 3 nitrogen and oxygen atoms in total. The van der Waals surface area contributed by atoms with Gasteiger partial charge >= 0.3 is 0 Å². The van der Waals surface area contributed by atoms with Crippen LogP contribution in [0.1, 0.15) is 45.3 Å². The highest BCUT2D eigenvalue weighted by Crippen LogP contribution is 2.23. The number of hydrogen-bond acceptors (Lipinski definition) is 3. The summed E-state index contributed by atoms with van der Waals surface area (Å²) in [5.41, 5.74) is 0.941. The van der Waals surface area contributed by atoms with E-state index in [0.717, 1.165) is 37.0 Å². The third-order valence-corrected chi connectivity index (χ3v) is 4.71. The van der Waals surface area contributed by atoms with Gasteiger partial charge in [-0.1, -0.05) is 20.8 Å². The number of halogens is 1. The molecule has 21 heavy (non-hydrogen) atoms. The molecule has 1 aliphatic heterocycles. The van der Waals surface area contributed by atoms with Crippen molar-refractivity contribution >= 4 is 0 Å². The highest BCUT2D eigenvalue weighted by Gasteiger charge is 2.23. The minimum atomic E-state index is -0.271. The average Bonchev–Trinajstić information content (AvgIpc) is 2.48. The maximum Gasteiger partial charge on any atom is 0.141 e. The van der Waals surface area contributed by atoms with Gasteiger partial charge < -0.3 is 10.2 Å². The predicted octanol–water partition coefficient (Wildman–Crippen LogP) is 3.24. The molecule has 0 radical (unpaired) electrons. The zero-order valence-electron chi connectivity index (χ0n) is 13.5. The van der Waals surface area contributed by atoms with Gasteiger partial charge in [0.05, 0.1) is 17.9 Å². The smallest absolute Gasteiger partial charge is 0.141 e. The largest absolute Gasteiger partial charge is 0.309 e. The van der Waals surface area contributed by atoms with Gasteiger partial charge in [0, 0.05) is 13.1 Å². The van der Waals surface area contributed by atoms with Gasteiger partial charge in [-0.2, -0.15) is 0 Å². The Morgan fingerprint density at radius 3 is 2.81 bits per heavy atom. The van der Waals surface area contributed by atoms with Crippen LogP contribution in [0.5, 0.6) is 0 Å². The van der Waals surface area contributed by atoms with Crippen molar-refractivity contribution in [3.63, 3.8) is 0 Å². The van der Waals surface area contributed by atoms with Crippen molar-refractivity contribution < 1.29 is 4.39 Å². The molecule has 0 spiro atoms. The summed E-state index contributed by atoms with van der Waals surface area (Å²) in [5, 5.41) is 3.47. The first-order valence-electron chi connectivity index (χ1n) is 8.17. The van der Waals surface area contributed by atoms with Gasteiger partial charge in [-0.05, 0) is 49.9 Å². The summed E-state index contributed by atoms with van der Waals surface area (Å²) in [6.45, 7) is 11.2. The Kier molecular flexibility index (Phi) is 6.12. The molecule has 2 heterocycles. The van der Waals surface area contributed by atoms with E-state index in [1.807, 2.05) is 0 Å². The van der Waals surface area contributed by atoms with Crippen molar-refractivity contribution in [1.29, 1.82) is 0 Å². The van der Waals surface area contributed by atoms with Crippen LogP contribution in [0.25, 0.3) is 0 Å². The molecule has 0 bridgehead atoms. The summed E-state index contributed by atoms with van der Waals surface area (Å²) >= 11 is 0. The van der Waals surface area contributed by atoms with Crippen LogP contribution in [0, 0.1) is 17.7 Å². The number of nitrogens with one attached hydrogen (secondary N) is 1. The van der Waals surface area contributed by atoms with E-state index in [1.54, 1.807) is 6.07 Å². The van der Waals surface area contributed by atoms with Gasteiger partial charge in [0.2, 0.25) is 0 Å². The zero-order valence-corrected chi connectivity index (χ0v) is 13.5. The first kappa shape index (κ1) is 16.4. The third kappa shape index (κ3) is 4.75. The van der Waals surface area contributed by atoms with Gasteiger partial charge in [0.25, 0.3) is 0 Å². The molecule has 0 aromatic carbocycles. The van der Waals surface area contributed by atoms with Crippen LogP contribution >= 0.6 is 0 Å². The first-order valence-corrected chi connectivity index (χ1v) is 8.17. The predicted molar refractivity (Wildman–Crippen MR) is 84.6 cm³/mol. The number of rotatable bonds is 6. The van der Waals surface area contributed by atoms with E-state index in [2.05, 4.69) is 36.0 Å². The minimum absolute atomic E-state index is 0.213. The Hall–Kier alpha value is -1.00. The molecule has 1 fully saturated rings. The van der Waals surface area contributed by atoms with Crippen LogP contribution in [0.15, 0.2) is 18.3 Å². The van der Waals surface area contributed by atoms with E-state index in [4.69, 9.17) is 0 Å². The molecule has 3 unspecified atom stereocenters. The number of nitrogens with zero attached hydrogens (tertiary/aromatic N) is 2. The normalized spacial score (nSPS) is 25.0. The monoisotopic (exact) mass is 293 g/mol. The number of likely N-dealkylation sites (tertiary alicyclic amines) is 1. The molecule has 4 heteroatoms. The number of hydrogen-bond donors (Lipinski definition) is 1. The maximum atomic E-state index is 13.0. The SMILES string of the molecule is CCNC(CCN1CCC(C)C(C)C1)c1ccc(F)cn1. The summed E-state index contributed by atoms with van der Waals surface area (Å²) in [5.74, 6) is 1.35. The van der Waals surface area contributed by atoms with Crippen LogP contribution in [0.4, 0.5) is 4.39 Å². The maximum absolute atomic E-state index is 13.0. The van der Waals surface area contributed by atoms with E-state index in [9.17, 15) is 4.39 Å². The van der Waals surface area contributed by atoms with E-state index in [-0.39, 0.29) is 11.9 Å². The second kappa shape index (κ2) is 7.85. The Labute approximate surface area is 127 Å². The molecule has 1 aliphatic rings. The van der Waals surface area contributed by atoms with Crippen LogP contribution in [-0.4, -0.2) is 36.1 Å². The summed E-state index contributed by atoms with van der Waals surface area (Å²) in [4.78, 5) is 6.79. The van der Waals surface area contributed by atoms with E-state index in [1.165, 1.54) is 31.8 Å². The van der Waals surface area contributed by atoms with Crippen molar-refractivity contribution in [3.05, 3.63) is 29.8 Å². The van der Waals surface area contributed by atoms with Crippen LogP contribution in [0.3, 0.4) is 0 Å². The van der Waals surface area contributed by atoms with Crippen molar-refractivity contribution in [2.24, 2.45) is 11.8 Å². The molecule has 1 aromatic rings. The average molecular weight is 293 g/mol. The highest BCUT2D eigenvalue weighted by atomic mass is 19.1. The number of pyridine rings is 1. The van der Waals surface area contributed by atoms with Crippen LogP contribution in [0.2, 0.25) is 0 Å². The second-order valence-electron chi connectivity index (χ2n) is 6.34. The Morgan fingerprint density at radius 1 is 1.38 bits per heavy atom. The van der Waals surface area contributed by atoms with Crippen LogP contribution in [-0.2, 0) is 0 Å². The van der Waals surface area contributed by atoms with Crippen molar-refractivity contribution in [3.8, 4) is 0 Å². The molecule has 2 rings (SSSR count). The Bertz CT molecular complexity index is 421. The van der Waals surface area contributed by atoms with E-state index < -0.39 is 0 Å². The van der Waals surface area contributed by atoms with Crippen molar-refractivity contribution in [2.75, 3.05) is 26.2 Å². The quantitative estimate of drug-likeness (QED) is 0.873. The van der Waals surface area contributed by atoms with E-state index in [0.29, 0.717) is 0 Å². The number of aromatic nitrogens is 1. The van der Waals surface area contributed by atoms with Gasteiger partial charge in [-0.15, -0.1) is 0 Å². The van der Waals surface area contributed by atoms with Gasteiger partial charge in [0.15, 0.2) is 0 Å². The molecule has 0 aliphatic carbocycles. The summed E-state index contributed by atoms with van der Waals surface area (Å²) in [7, 11) is 0. The topological polar surface area (TPSA) is 28.2 Å². The lowest BCUT2D eigenvalue weighted by Crippen LogP contribution is -2.40. The molecular formula is C17H28FN3. The molecule has 1 saturated heterocycles. The lowest BCUT2D eigenvalue weighted by Gasteiger charge is -2.36. The van der Waals surface area contributed by atoms with E-state index >= 15 is 0 Å². The molecule has 1 N–H and O–H groups in total. The van der Waals surface area contributed by atoms with Crippen LogP contribution < -0.4 is 5.32 Å². The third-order valence-electron chi connectivity index (χ3n) is 4.71. The second-order valence-corrected chi connectivity index (χ2v) is 6.34. The molecule has 0 amide bonds. The highest BCUT2D eigenvalue weighted by molar-refractivity contribution is 5.10. The summed E-state index contributed by atoms with van der Waals surface area (Å²) < 4.78 is 13.0. The lowest BCUT2D eigenvalue weighted by molar-refractivity contribution is 0.133. The van der Waals surface area contributed by atoms with Crippen molar-refractivity contribution in [1.82, 2.24) is 15.2 Å². The molecule has 0 saturated carbocycles. The molecule has 3 atom stereocenters. The summed E-state index contributed by atoms with van der Waals surface area (Å²) in [6.07, 6.45) is 3.62. The molecular weight excluding hydrogens is 265 g/mol. The van der Waals surface area contributed by atoms with Gasteiger partial charge in [-0.25, -0.2) is 4.39 Å². The fraction of sp³-hybridized carbons (Fsp3) is 0.706. The van der Waals surface area contributed by atoms with Gasteiger partial charge in [0.1, 0.15) is 5.82 Å². The fourth-order valence-electron chi connectivity index (χ4n) is 3.06. The summed E-state index contributed by atoms with van der Waals surface area (Å²) in [6, 6.07) is 3.51. The Morgan fingerprint density at radius 2 is 2.19 bits per heavy atom.